The molecular weight excluding hydrogens is 380 g/mol. The van der Waals surface area contributed by atoms with Crippen molar-refractivity contribution in [1.29, 1.82) is 0 Å². The molecule has 0 aliphatic carbocycles. The van der Waals surface area contributed by atoms with Crippen molar-refractivity contribution in [3.63, 3.8) is 0 Å². The van der Waals surface area contributed by atoms with Gasteiger partial charge < -0.3 is 20.5 Å². The zero-order valence-corrected chi connectivity index (χ0v) is 15.7. The molecule has 0 bridgehead atoms. The molecule has 0 saturated carbocycles. The minimum Gasteiger partial charge on any atom is -0.497 e. The molecule has 8 nitrogen and oxygen atoms in total. The van der Waals surface area contributed by atoms with Gasteiger partial charge in [0.15, 0.2) is 5.13 Å². The van der Waals surface area contributed by atoms with Gasteiger partial charge >= 0.3 is 6.09 Å². The summed E-state index contributed by atoms with van der Waals surface area (Å²) in [6.07, 6.45) is -1.17. The van der Waals surface area contributed by atoms with E-state index < -0.39 is 6.09 Å². The van der Waals surface area contributed by atoms with E-state index in [1.165, 1.54) is 11.3 Å². The molecule has 0 fully saturated rings. The maximum atomic E-state index is 12.3. The van der Waals surface area contributed by atoms with E-state index in [4.69, 9.17) is 9.84 Å². The second-order valence-corrected chi connectivity index (χ2v) is 6.50. The van der Waals surface area contributed by atoms with Crippen LogP contribution in [0.1, 0.15) is 0 Å². The van der Waals surface area contributed by atoms with Gasteiger partial charge in [-0.1, -0.05) is 18.2 Å². The standard InChI is InChI=1S/C19H18N4O4S/c1-27-13-8-6-12(7-9-13)20-10-17(24)21-15-5-3-2-4-14(15)16-11-28-18(22-16)23-19(25)26/h2-9,11,20H,10H2,1H3,(H,21,24)(H,22,23)(H,25,26). The summed E-state index contributed by atoms with van der Waals surface area (Å²) in [6, 6.07) is 14.5. The molecule has 1 aromatic heterocycles. The highest BCUT2D eigenvalue weighted by Crippen LogP contribution is 2.30. The summed E-state index contributed by atoms with van der Waals surface area (Å²) < 4.78 is 5.10. The van der Waals surface area contributed by atoms with Gasteiger partial charge in [-0.3, -0.25) is 10.1 Å². The molecule has 0 radical (unpaired) electrons. The molecule has 9 heteroatoms. The Labute approximate surface area is 165 Å². The van der Waals surface area contributed by atoms with Crippen molar-refractivity contribution in [2.24, 2.45) is 0 Å². The highest BCUT2D eigenvalue weighted by atomic mass is 32.1. The van der Waals surface area contributed by atoms with Crippen LogP contribution < -0.4 is 20.7 Å². The number of para-hydroxylation sites is 1. The predicted molar refractivity (Wildman–Crippen MR) is 109 cm³/mol. The van der Waals surface area contributed by atoms with Gasteiger partial charge in [-0.25, -0.2) is 9.78 Å². The number of hydrogen-bond donors (Lipinski definition) is 4. The number of carboxylic acid groups (broad SMARTS) is 1. The van der Waals surface area contributed by atoms with Crippen molar-refractivity contribution < 1.29 is 19.4 Å². The van der Waals surface area contributed by atoms with E-state index >= 15 is 0 Å². The SMILES string of the molecule is COc1ccc(NCC(=O)Nc2ccccc2-c2csc(NC(=O)O)n2)cc1. The Balaban J connectivity index is 1.66. The van der Waals surface area contributed by atoms with Crippen molar-refractivity contribution in [2.75, 3.05) is 29.6 Å². The van der Waals surface area contributed by atoms with Gasteiger partial charge in [0, 0.05) is 16.6 Å². The quantitative estimate of drug-likeness (QED) is 0.479. The van der Waals surface area contributed by atoms with Gasteiger partial charge in [-0.05, 0) is 30.3 Å². The summed E-state index contributed by atoms with van der Waals surface area (Å²) in [5.41, 5.74) is 2.67. The Morgan fingerprint density at radius 3 is 2.57 bits per heavy atom. The number of hydrogen-bond acceptors (Lipinski definition) is 6. The van der Waals surface area contributed by atoms with Gasteiger partial charge in [0.1, 0.15) is 5.75 Å². The molecular formula is C19H18N4O4S. The third kappa shape index (κ3) is 4.98. The second kappa shape index (κ2) is 8.87. The number of carbonyl (C=O) groups is 2. The predicted octanol–water partition coefficient (Wildman–Crippen LogP) is 3.96. The van der Waals surface area contributed by atoms with E-state index in [0.717, 1.165) is 11.4 Å². The first-order valence-electron chi connectivity index (χ1n) is 8.28. The van der Waals surface area contributed by atoms with E-state index in [9.17, 15) is 9.59 Å². The summed E-state index contributed by atoms with van der Waals surface area (Å²) >= 11 is 1.17. The van der Waals surface area contributed by atoms with E-state index in [2.05, 4.69) is 20.9 Å². The Hall–Kier alpha value is -3.59. The summed E-state index contributed by atoms with van der Waals surface area (Å²) in [5.74, 6) is 0.520. The number of ether oxygens (including phenoxy) is 1. The molecule has 0 spiro atoms. The monoisotopic (exact) mass is 398 g/mol. The van der Waals surface area contributed by atoms with Crippen molar-refractivity contribution >= 4 is 39.8 Å². The average molecular weight is 398 g/mol. The normalized spacial score (nSPS) is 10.2. The molecule has 0 aliphatic heterocycles. The number of carbonyl (C=O) groups excluding carboxylic acids is 1. The zero-order chi connectivity index (χ0) is 19.9. The Morgan fingerprint density at radius 2 is 1.86 bits per heavy atom. The molecule has 1 heterocycles. The molecule has 0 saturated heterocycles. The van der Waals surface area contributed by atoms with Crippen LogP contribution in [-0.2, 0) is 4.79 Å². The van der Waals surface area contributed by atoms with Crippen molar-refractivity contribution in [2.45, 2.75) is 0 Å². The number of thiazole rings is 1. The smallest absolute Gasteiger partial charge is 0.410 e. The van der Waals surface area contributed by atoms with Crippen LogP contribution in [0.3, 0.4) is 0 Å². The highest BCUT2D eigenvalue weighted by Gasteiger charge is 2.12. The van der Waals surface area contributed by atoms with E-state index in [1.807, 2.05) is 24.3 Å². The van der Waals surface area contributed by atoms with Crippen LogP contribution in [0, 0.1) is 0 Å². The van der Waals surface area contributed by atoms with E-state index in [-0.39, 0.29) is 17.6 Å². The fourth-order valence-corrected chi connectivity index (χ4v) is 3.15. The van der Waals surface area contributed by atoms with Crippen LogP contribution in [0.5, 0.6) is 5.75 Å². The third-order valence-corrected chi connectivity index (χ3v) is 4.50. The molecule has 3 rings (SSSR count). The molecule has 28 heavy (non-hydrogen) atoms. The number of anilines is 3. The summed E-state index contributed by atoms with van der Waals surface area (Å²) in [7, 11) is 1.59. The Morgan fingerprint density at radius 1 is 1.11 bits per heavy atom. The van der Waals surface area contributed by atoms with Gasteiger partial charge in [-0.15, -0.1) is 11.3 Å². The van der Waals surface area contributed by atoms with Crippen molar-refractivity contribution in [3.05, 3.63) is 53.9 Å². The third-order valence-electron chi connectivity index (χ3n) is 3.74. The lowest BCUT2D eigenvalue weighted by Crippen LogP contribution is -2.22. The molecule has 0 unspecified atom stereocenters. The molecule has 2 aromatic carbocycles. The van der Waals surface area contributed by atoms with Crippen LogP contribution in [0.15, 0.2) is 53.9 Å². The molecule has 3 aromatic rings. The zero-order valence-electron chi connectivity index (χ0n) is 14.9. The average Bonchev–Trinajstić information content (AvgIpc) is 3.14. The minimum absolute atomic E-state index is 0.0869. The first-order valence-corrected chi connectivity index (χ1v) is 9.16. The molecule has 144 valence electrons. The lowest BCUT2D eigenvalue weighted by Gasteiger charge is -2.11. The van der Waals surface area contributed by atoms with Crippen LogP contribution >= 0.6 is 11.3 Å². The summed E-state index contributed by atoms with van der Waals surface area (Å²) in [5, 5.41) is 18.9. The number of nitrogens with zero attached hydrogens (tertiary/aromatic N) is 1. The van der Waals surface area contributed by atoms with Crippen LogP contribution in [0.25, 0.3) is 11.3 Å². The first-order chi connectivity index (χ1) is 13.5. The van der Waals surface area contributed by atoms with E-state index in [1.54, 1.807) is 36.8 Å². The molecule has 2 amide bonds. The Bertz CT molecular complexity index is 972. The minimum atomic E-state index is -1.17. The highest BCUT2D eigenvalue weighted by molar-refractivity contribution is 7.14. The van der Waals surface area contributed by atoms with Crippen molar-refractivity contribution in [3.8, 4) is 17.0 Å². The largest absolute Gasteiger partial charge is 0.497 e. The molecule has 0 aliphatic rings. The lowest BCUT2D eigenvalue weighted by atomic mass is 10.1. The van der Waals surface area contributed by atoms with Crippen LogP contribution in [0.2, 0.25) is 0 Å². The number of aromatic nitrogens is 1. The number of rotatable bonds is 7. The number of methoxy groups -OCH3 is 1. The fourth-order valence-electron chi connectivity index (χ4n) is 2.45. The van der Waals surface area contributed by atoms with E-state index in [0.29, 0.717) is 16.9 Å². The van der Waals surface area contributed by atoms with Gasteiger partial charge in [-0.2, -0.15) is 0 Å². The lowest BCUT2D eigenvalue weighted by molar-refractivity contribution is -0.114. The first kappa shape index (κ1) is 19.2. The van der Waals surface area contributed by atoms with Gasteiger partial charge in [0.2, 0.25) is 5.91 Å². The fraction of sp³-hybridized carbons (Fsp3) is 0.105. The number of amides is 2. The number of nitrogens with one attached hydrogen (secondary N) is 3. The van der Waals surface area contributed by atoms with Gasteiger partial charge in [0.05, 0.1) is 25.0 Å². The number of benzene rings is 2. The maximum absolute atomic E-state index is 12.3. The summed E-state index contributed by atoms with van der Waals surface area (Å²) in [6.45, 7) is 0.0869. The van der Waals surface area contributed by atoms with Crippen molar-refractivity contribution in [1.82, 2.24) is 4.98 Å². The van der Waals surface area contributed by atoms with Gasteiger partial charge in [0.25, 0.3) is 0 Å². The van der Waals surface area contributed by atoms with Crippen LogP contribution in [0.4, 0.5) is 21.3 Å². The van der Waals surface area contributed by atoms with Crippen LogP contribution in [-0.4, -0.2) is 35.7 Å². The Kier molecular flexibility index (Phi) is 6.07. The summed E-state index contributed by atoms with van der Waals surface area (Å²) in [4.78, 5) is 27.3. The second-order valence-electron chi connectivity index (χ2n) is 5.64. The molecule has 4 N–H and O–H groups in total. The molecule has 0 atom stereocenters. The maximum Gasteiger partial charge on any atom is 0.410 e. The topological polar surface area (TPSA) is 113 Å².